The van der Waals surface area contributed by atoms with Crippen LogP contribution in [0, 0.1) is 5.82 Å². The number of hydrogen-bond donors (Lipinski definition) is 2. The molecule has 3 N–H and O–H groups in total. The van der Waals surface area contributed by atoms with Gasteiger partial charge in [-0.05, 0) is 35.9 Å². The van der Waals surface area contributed by atoms with Crippen molar-refractivity contribution in [2.75, 3.05) is 5.73 Å². The number of pyridine rings is 1. The first-order valence-electron chi connectivity index (χ1n) is 6.06. The van der Waals surface area contributed by atoms with Gasteiger partial charge in [0.2, 0.25) is 5.91 Å². The summed E-state index contributed by atoms with van der Waals surface area (Å²) >= 11 is 0. The van der Waals surface area contributed by atoms with E-state index in [0.717, 1.165) is 5.69 Å². The summed E-state index contributed by atoms with van der Waals surface area (Å²) in [5.41, 5.74) is 6.94. The van der Waals surface area contributed by atoms with Gasteiger partial charge in [-0.2, -0.15) is 0 Å². The minimum atomic E-state index is -0.471. The van der Waals surface area contributed by atoms with E-state index in [9.17, 15) is 9.18 Å². The molecule has 1 aromatic heterocycles. The quantitative estimate of drug-likeness (QED) is 0.661. The number of anilines is 1. The van der Waals surface area contributed by atoms with Crippen molar-refractivity contribution < 1.29 is 9.18 Å². The molecule has 102 valence electrons. The maximum atomic E-state index is 13.0. The van der Waals surface area contributed by atoms with Crippen LogP contribution in [-0.4, -0.2) is 10.9 Å². The molecular weight excluding hydrogens is 257 g/mol. The predicted octanol–water partition coefficient (Wildman–Crippen LogP) is 2.13. The smallest absolute Gasteiger partial charge is 0.244 e. The second-order valence-corrected chi connectivity index (χ2v) is 4.15. The molecule has 5 heteroatoms. The summed E-state index contributed by atoms with van der Waals surface area (Å²) in [5, 5.41) is 2.70. The Morgan fingerprint density at radius 1 is 1.35 bits per heavy atom. The molecule has 4 nitrogen and oxygen atoms in total. The zero-order chi connectivity index (χ0) is 14.4. The molecule has 1 aromatic carbocycles. The van der Waals surface area contributed by atoms with Crippen LogP contribution in [0.1, 0.15) is 11.3 Å². The molecule has 0 bridgehead atoms. The van der Waals surface area contributed by atoms with E-state index in [1.54, 1.807) is 18.3 Å². The Kier molecular flexibility index (Phi) is 4.44. The van der Waals surface area contributed by atoms with Gasteiger partial charge in [-0.15, -0.1) is 0 Å². The van der Waals surface area contributed by atoms with Crippen molar-refractivity contribution in [3.63, 3.8) is 0 Å². The third kappa shape index (κ3) is 3.91. The number of nitrogens with two attached hydrogens (primary N) is 1. The highest BCUT2D eigenvalue weighted by Crippen LogP contribution is 2.13. The fourth-order valence-corrected chi connectivity index (χ4v) is 1.58. The Morgan fingerprint density at radius 2 is 2.20 bits per heavy atom. The fraction of sp³-hybridized carbons (Fsp3) is 0.0667. The number of benzene rings is 1. The van der Waals surface area contributed by atoms with Crippen LogP contribution in [0.3, 0.4) is 0 Å². The molecule has 0 saturated heterocycles. The van der Waals surface area contributed by atoms with Crippen molar-refractivity contribution in [1.29, 1.82) is 0 Å². The lowest BCUT2D eigenvalue weighted by Gasteiger charge is -2.01. The van der Waals surface area contributed by atoms with Crippen LogP contribution in [0.15, 0.2) is 48.7 Å². The lowest BCUT2D eigenvalue weighted by Crippen LogP contribution is -2.20. The summed E-state index contributed by atoms with van der Waals surface area (Å²) in [5.74, 6) is -0.722. The van der Waals surface area contributed by atoms with E-state index in [1.807, 2.05) is 18.2 Å². The van der Waals surface area contributed by atoms with Crippen LogP contribution in [0.5, 0.6) is 0 Å². The van der Waals surface area contributed by atoms with E-state index in [1.165, 1.54) is 18.2 Å². The average Bonchev–Trinajstić information content (AvgIpc) is 2.47. The molecule has 1 heterocycles. The minimum absolute atomic E-state index is 0.0565. The number of nitrogen functional groups attached to an aromatic ring is 1. The Hall–Kier alpha value is -2.69. The predicted molar refractivity (Wildman–Crippen MR) is 75.9 cm³/mol. The number of rotatable bonds is 4. The minimum Gasteiger partial charge on any atom is -0.396 e. The van der Waals surface area contributed by atoms with Crippen molar-refractivity contribution in [1.82, 2.24) is 10.3 Å². The van der Waals surface area contributed by atoms with Crippen LogP contribution >= 0.6 is 0 Å². The molecule has 0 aliphatic carbocycles. The topological polar surface area (TPSA) is 68.0 Å². The average molecular weight is 271 g/mol. The van der Waals surface area contributed by atoms with Gasteiger partial charge in [-0.3, -0.25) is 9.78 Å². The van der Waals surface area contributed by atoms with Crippen molar-refractivity contribution in [3.05, 3.63) is 65.7 Å². The molecular formula is C15H14FN3O. The summed E-state index contributed by atoms with van der Waals surface area (Å²) in [6, 6.07) is 9.77. The molecule has 0 radical (unpaired) electrons. The van der Waals surface area contributed by atoms with E-state index in [0.29, 0.717) is 12.1 Å². The highest BCUT2D eigenvalue weighted by Gasteiger charge is 1.99. The molecule has 0 aliphatic heterocycles. The normalized spacial score (nSPS) is 10.7. The van der Waals surface area contributed by atoms with Crippen LogP contribution in [0.2, 0.25) is 0 Å². The van der Waals surface area contributed by atoms with E-state index >= 15 is 0 Å². The van der Waals surface area contributed by atoms with Gasteiger partial charge >= 0.3 is 0 Å². The number of nitrogens with one attached hydrogen (secondary N) is 1. The Bertz CT molecular complexity index is 626. The highest BCUT2D eigenvalue weighted by molar-refractivity contribution is 5.91. The van der Waals surface area contributed by atoms with E-state index in [-0.39, 0.29) is 11.6 Å². The van der Waals surface area contributed by atoms with Crippen molar-refractivity contribution in [2.45, 2.75) is 6.54 Å². The molecule has 1 amide bonds. The number of aromatic nitrogens is 1. The molecule has 0 atom stereocenters. The lowest BCUT2D eigenvalue weighted by molar-refractivity contribution is -0.116. The summed E-state index contributed by atoms with van der Waals surface area (Å²) in [7, 11) is 0. The van der Waals surface area contributed by atoms with Crippen molar-refractivity contribution in [2.24, 2.45) is 0 Å². The highest BCUT2D eigenvalue weighted by atomic mass is 19.1. The monoisotopic (exact) mass is 271 g/mol. The molecule has 0 aliphatic rings. The Morgan fingerprint density at radius 3 is 2.90 bits per heavy atom. The molecule has 0 saturated carbocycles. The number of halogens is 1. The van der Waals surface area contributed by atoms with Crippen molar-refractivity contribution in [3.8, 4) is 0 Å². The number of amides is 1. The summed E-state index contributed by atoms with van der Waals surface area (Å²) < 4.78 is 13.0. The molecule has 0 fully saturated rings. The maximum Gasteiger partial charge on any atom is 0.244 e. The molecule has 0 unspecified atom stereocenters. The number of carbonyl (C=O) groups excluding carboxylic acids is 1. The standard InChI is InChI=1S/C15H14FN3O/c16-13-6-4-11(9-14(13)17)5-7-15(20)19-10-12-3-1-2-8-18-12/h1-9H,10,17H2,(H,19,20)/b7-5+. The largest absolute Gasteiger partial charge is 0.396 e. The van der Waals surface area contributed by atoms with Crippen molar-refractivity contribution >= 4 is 17.7 Å². The first-order valence-corrected chi connectivity index (χ1v) is 6.06. The second kappa shape index (κ2) is 6.47. The third-order valence-corrected chi connectivity index (χ3v) is 2.62. The summed E-state index contributed by atoms with van der Waals surface area (Å²) in [6.45, 7) is 0.357. The van der Waals surface area contributed by atoms with Gasteiger partial charge in [0.1, 0.15) is 5.82 Å². The number of carbonyl (C=O) groups is 1. The fourth-order valence-electron chi connectivity index (χ4n) is 1.58. The molecule has 0 spiro atoms. The van der Waals surface area contributed by atoms with E-state index < -0.39 is 5.82 Å². The zero-order valence-electron chi connectivity index (χ0n) is 10.7. The second-order valence-electron chi connectivity index (χ2n) is 4.15. The van der Waals surface area contributed by atoms with Gasteiger partial charge < -0.3 is 11.1 Å². The molecule has 20 heavy (non-hydrogen) atoms. The van der Waals surface area contributed by atoms with E-state index in [4.69, 9.17) is 5.73 Å². The maximum absolute atomic E-state index is 13.0. The van der Waals surface area contributed by atoms with Gasteiger partial charge in [0.05, 0.1) is 17.9 Å². The van der Waals surface area contributed by atoms with Gasteiger partial charge in [0.15, 0.2) is 0 Å². The van der Waals surface area contributed by atoms with Gasteiger partial charge in [0.25, 0.3) is 0 Å². The molecule has 2 aromatic rings. The van der Waals surface area contributed by atoms with E-state index in [2.05, 4.69) is 10.3 Å². The first kappa shape index (κ1) is 13.7. The third-order valence-electron chi connectivity index (χ3n) is 2.62. The van der Waals surface area contributed by atoms with Crippen LogP contribution in [-0.2, 0) is 11.3 Å². The first-order chi connectivity index (χ1) is 9.65. The molecule has 2 rings (SSSR count). The van der Waals surface area contributed by atoms with Crippen LogP contribution in [0.25, 0.3) is 6.08 Å². The number of hydrogen-bond acceptors (Lipinski definition) is 3. The lowest BCUT2D eigenvalue weighted by atomic mass is 10.2. The van der Waals surface area contributed by atoms with Crippen LogP contribution in [0.4, 0.5) is 10.1 Å². The van der Waals surface area contributed by atoms with Gasteiger partial charge in [0, 0.05) is 12.3 Å². The summed E-state index contributed by atoms with van der Waals surface area (Å²) in [6.07, 6.45) is 4.61. The Balaban J connectivity index is 1.90. The SMILES string of the molecule is Nc1cc(/C=C/C(=O)NCc2ccccn2)ccc1F. The van der Waals surface area contributed by atoms with Gasteiger partial charge in [-0.1, -0.05) is 12.1 Å². The zero-order valence-corrected chi connectivity index (χ0v) is 10.7. The van der Waals surface area contributed by atoms with Gasteiger partial charge in [-0.25, -0.2) is 4.39 Å². The Labute approximate surface area is 116 Å². The number of nitrogens with zero attached hydrogens (tertiary/aromatic N) is 1. The van der Waals surface area contributed by atoms with Crippen LogP contribution < -0.4 is 11.1 Å². The summed E-state index contributed by atoms with van der Waals surface area (Å²) in [4.78, 5) is 15.7.